The first-order chi connectivity index (χ1) is 11.9. The Kier molecular flexibility index (Phi) is 10.5. The minimum atomic E-state index is -4.73. The number of carbonyl (C=O) groups excluding carboxylic acids is 2. The van der Waals surface area contributed by atoms with Crippen LogP contribution in [0.5, 0.6) is 0 Å². The highest BCUT2D eigenvalue weighted by atomic mass is 19.3. The number of carbonyl (C=O) groups is 2. The summed E-state index contributed by atoms with van der Waals surface area (Å²) in [5.74, 6) is -13.5. The average Bonchev–Trinajstić information content (AvgIpc) is 2.55. The average molecular weight is 400 g/mol. The van der Waals surface area contributed by atoms with E-state index in [-0.39, 0.29) is 25.9 Å². The molecule has 0 unspecified atom stereocenters. The molecule has 0 atom stereocenters. The van der Waals surface area contributed by atoms with Gasteiger partial charge in [0.1, 0.15) is 0 Å². The number of unbranched alkanes of at least 4 members (excludes halogenated alkanes) is 5. The Hall–Kier alpha value is -1.62. The van der Waals surface area contributed by atoms with Crippen molar-refractivity contribution in [1.29, 1.82) is 0 Å². The van der Waals surface area contributed by atoms with Gasteiger partial charge < -0.3 is 10.6 Å². The van der Waals surface area contributed by atoms with Gasteiger partial charge in [0, 0.05) is 13.1 Å². The molecule has 2 amide bonds. The second-order valence-electron chi connectivity index (χ2n) is 5.48. The van der Waals surface area contributed by atoms with E-state index in [2.05, 4.69) is 0 Å². The fraction of sp³-hybridized carbons (Fsp3) is 0.857. The van der Waals surface area contributed by atoms with E-state index in [0.717, 1.165) is 0 Å². The van der Waals surface area contributed by atoms with Crippen molar-refractivity contribution >= 4 is 11.8 Å². The molecule has 154 valence electrons. The number of hydrogen-bond acceptors (Lipinski definition) is 2. The lowest BCUT2D eigenvalue weighted by atomic mass is 10.1. The molecule has 0 spiro atoms. The molecule has 0 aliphatic heterocycles. The minimum Gasteiger partial charge on any atom is -0.351 e. The number of hydrogen-bond donors (Lipinski definition) is 2. The molecule has 0 saturated carbocycles. The Labute approximate surface area is 144 Å². The Morgan fingerprint density at radius 3 is 1.15 bits per heavy atom. The first-order valence-electron chi connectivity index (χ1n) is 7.82. The van der Waals surface area contributed by atoms with E-state index >= 15 is 0 Å². The number of amides is 2. The van der Waals surface area contributed by atoms with Gasteiger partial charge in [0.2, 0.25) is 0 Å². The van der Waals surface area contributed by atoms with Crippen molar-refractivity contribution in [2.45, 2.75) is 63.2 Å². The van der Waals surface area contributed by atoms with Crippen molar-refractivity contribution in [2.75, 3.05) is 13.1 Å². The zero-order chi connectivity index (χ0) is 20.4. The molecule has 0 radical (unpaired) electrons. The van der Waals surface area contributed by atoms with Gasteiger partial charge in [0.05, 0.1) is 0 Å². The van der Waals surface area contributed by atoms with Gasteiger partial charge in [-0.15, -0.1) is 0 Å². The van der Waals surface area contributed by atoms with Gasteiger partial charge in [-0.1, -0.05) is 25.7 Å². The number of alkyl halides is 8. The predicted octanol–water partition coefficient (Wildman–Crippen LogP) is 3.36. The molecular weight excluding hydrogens is 380 g/mol. The van der Waals surface area contributed by atoms with Crippen LogP contribution < -0.4 is 10.6 Å². The molecule has 2 N–H and O–H groups in total. The molecule has 0 aliphatic rings. The zero-order valence-corrected chi connectivity index (χ0v) is 13.7. The van der Waals surface area contributed by atoms with Crippen LogP contribution >= 0.6 is 0 Å². The second-order valence-corrected chi connectivity index (χ2v) is 5.48. The molecule has 0 fully saturated rings. The lowest BCUT2D eigenvalue weighted by Crippen LogP contribution is -2.45. The fourth-order valence-corrected chi connectivity index (χ4v) is 1.79. The van der Waals surface area contributed by atoms with Crippen LogP contribution in [0, 0.1) is 0 Å². The molecule has 0 aromatic heterocycles. The summed E-state index contributed by atoms with van der Waals surface area (Å²) in [6.07, 6.45) is -5.44. The fourth-order valence-electron chi connectivity index (χ4n) is 1.79. The molecule has 0 heterocycles. The van der Waals surface area contributed by atoms with E-state index in [9.17, 15) is 44.7 Å². The molecule has 12 heteroatoms. The van der Waals surface area contributed by atoms with Gasteiger partial charge >= 0.3 is 24.7 Å². The number of halogens is 8. The lowest BCUT2D eigenvalue weighted by Gasteiger charge is -2.15. The maximum atomic E-state index is 12.6. The van der Waals surface area contributed by atoms with E-state index < -0.39 is 36.5 Å². The van der Waals surface area contributed by atoms with E-state index in [4.69, 9.17) is 0 Å². The van der Waals surface area contributed by atoms with Crippen molar-refractivity contribution in [3.05, 3.63) is 0 Å². The standard InChI is InChI=1S/C14H20F8N2O2/c15-9(16)13(19,20)11(25)23-7-5-3-1-2-4-6-8-24-12(26)14(21,22)10(17)18/h9-10H,1-8H2,(H,23,25)(H,24,26). The van der Waals surface area contributed by atoms with E-state index in [1.54, 1.807) is 10.6 Å². The van der Waals surface area contributed by atoms with Gasteiger partial charge in [-0.05, 0) is 12.8 Å². The van der Waals surface area contributed by atoms with Crippen LogP contribution in [0.25, 0.3) is 0 Å². The van der Waals surface area contributed by atoms with Crippen molar-refractivity contribution in [1.82, 2.24) is 10.6 Å². The zero-order valence-electron chi connectivity index (χ0n) is 13.7. The van der Waals surface area contributed by atoms with Crippen molar-refractivity contribution in [3.63, 3.8) is 0 Å². The Bertz CT molecular complexity index is 407. The lowest BCUT2D eigenvalue weighted by molar-refractivity contribution is -0.169. The summed E-state index contributed by atoms with van der Waals surface area (Å²) in [6, 6.07) is 0. The Morgan fingerprint density at radius 2 is 0.885 bits per heavy atom. The smallest absolute Gasteiger partial charge is 0.351 e. The van der Waals surface area contributed by atoms with Gasteiger partial charge in [-0.25, -0.2) is 17.6 Å². The van der Waals surface area contributed by atoms with E-state index in [1.165, 1.54) is 0 Å². The molecular formula is C14H20F8N2O2. The summed E-state index contributed by atoms with van der Waals surface area (Å²) < 4.78 is 97.8. The van der Waals surface area contributed by atoms with Crippen LogP contribution in [0.1, 0.15) is 38.5 Å². The van der Waals surface area contributed by atoms with Gasteiger partial charge in [-0.2, -0.15) is 17.6 Å². The molecule has 0 saturated heterocycles. The third kappa shape index (κ3) is 8.17. The van der Waals surface area contributed by atoms with Crippen molar-refractivity contribution < 1.29 is 44.7 Å². The quantitative estimate of drug-likeness (QED) is 0.368. The Morgan fingerprint density at radius 1 is 0.615 bits per heavy atom. The molecule has 0 aliphatic carbocycles. The molecule has 0 bridgehead atoms. The number of rotatable bonds is 13. The molecule has 4 nitrogen and oxygen atoms in total. The van der Waals surface area contributed by atoms with Gasteiger partial charge in [0.15, 0.2) is 0 Å². The monoisotopic (exact) mass is 400 g/mol. The van der Waals surface area contributed by atoms with Crippen LogP contribution in [0.3, 0.4) is 0 Å². The SMILES string of the molecule is O=C(NCCCCCCCCNC(=O)C(F)(F)C(F)F)C(F)(F)C(F)F. The molecule has 0 rings (SSSR count). The first-order valence-corrected chi connectivity index (χ1v) is 7.82. The van der Waals surface area contributed by atoms with E-state index in [0.29, 0.717) is 25.7 Å². The first kappa shape index (κ1) is 24.4. The largest absolute Gasteiger partial charge is 0.383 e. The van der Waals surface area contributed by atoms with Crippen LogP contribution in [0.4, 0.5) is 35.1 Å². The summed E-state index contributed by atoms with van der Waals surface area (Å²) in [5, 5.41) is 3.40. The summed E-state index contributed by atoms with van der Waals surface area (Å²) in [4.78, 5) is 21.6. The summed E-state index contributed by atoms with van der Waals surface area (Å²) >= 11 is 0. The summed E-state index contributed by atoms with van der Waals surface area (Å²) in [7, 11) is 0. The van der Waals surface area contributed by atoms with Crippen molar-refractivity contribution in [2.24, 2.45) is 0 Å². The van der Waals surface area contributed by atoms with Gasteiger partial charge in [0.25, 0.3) is 11.8 Å². The van der Waals surface area contributed by atoms with Gasteiger partial charge in [-0.3, -0.25) is 9.59 Å². The summed E-state index contributed by atoms with van der Waals surface area (Å²) in [5.41, 5.74) is 0. The highest BCUT2D eigenvalue weighted by molar-refractivity contribution is 5.84. The third-order valence-corrected chi connectivity index (χ3v) is 3.33. The highest BCUT2D eigenvalue weighted by Crippen LogP contribution is 2.23. The summed E-state index contributed by atoms with van der Waals surface area (Å²) in [6.45, 7) is -0.389. The second kappa shape index (κ2) is 11.2. The van der Waals surface area contributed by atoms with Crippen LogP contribution in [-0.4, -0.2) is 49.6 Å². The minimum absolute atomic E-state index is 0.195. The molecule has 26 heavy (non-hydrogen) atoms. The van der Waals surface area contributed by atoms with Crippen LogP contribution in [-0.2, 0) is 9.59 Å². The number of nitrogens with one attached hydrogen (secondary N) is 2. The highest BCUT2D eigenvalue weighted by Gasteiger charge is 2.49. The molecule has 0 aromatic rings. The normalized spacial score (nSPS) is 12.5. The molecule has 0 aromatic carbocycles. The van der Waals surface area contributed by atoms with Crippen molar-refractivity contribution in [3.8, 4) is 0 Å². The van der Waals surface area contributed by atoms with Crippen LogP contribution in [0.2, 0.25) is 0 Å². The predicted molar refractivity (Wildman–Crippen MR) is 75.6 cm³/mol. The third-order valence-electron chi connectivity index (χ3n) is 3.33. The van der Waals surface area contributed by atoms with Crippen LogP contribution in [0.15, 0.2) is 0 Å². The van der Waals surface area contributed by atoms with E-state index in [1.807, 2.05) is 0 Å². The maximum absolute atomic E-state index is 12.6. The topological polar surface area (TPSA) is 58.2 Å². The Balaban J connectivity index is 3.64. The maximum Gasteiger partial charge on any atom is 0.383 e.